The Bertz CT molecular complexity index is 1440. The maximum absolute atomic E-state index is 5.16. The minimum absolute atomic E-state index is 0.302. The van der Waals surface area contributed by atoms with Crippen molar-refractivity contribution in [2.24, 2.45) is 10.9 Å². The highest BCUT2D eigenvalue weighted by atomic mass is 32.1. The molecule has 0 aliphatic carbocycles. The quantitative estimate of drug-likeness (QED) is 0.383. The Hall–Kier alpha value is -3.71. The Balaban J connectivity index is 1.50. The zero-order valence-electron chi connectivity index (χ0n) is 17.5. The Labute approximate surface area is 189 Å². The van der Waals surface area contributed by atoms with Crippen molar-refractivity contribution in [1.82, 2.24) is 25.1 Å². The molecule has 0 amide bonds. The van der Waals surface area contributed by atoms with Crippen LogP contribution in [-0.4, -0.2) is 30.9 Å². The first-order valence-electron chi connectivity index (χ1n) is 10.7. The van der Waals surface area contributed by atoms with Gasteiger partial charge in [0.2, 0.25) is 0 Å². The summed E-state index contributed by atoms with van der Waals surface area (Å²) in [7, 11) is 0. The number of rotatable bonds is 4. The number of H-pyrrole nitrogens is 1. The van der Waals surface area contributed by atoms with Gasteiger partial charge in [0.15, 0.2) is 5.65 Å². The van der Waals surface area contributed by atoms with Crippen LogP contribution >= 0.6 is 11.3 Å². The Morgan fingerprint density at radius 2 is 1.97 bits per heavy atom. The van der Waals surface area contributed by atoms with E-state index in [9.17, 15) is 0 Å². The molecule has 7 heteroatoms. The average molecular weight is 437 g/mol. The molecule has 0 saturated heterocycles. The number of aliphatic imine (C=N–C) groups is 1. The van der Waals surface area contributed by atoms with Crippen molar-refractivity contribution in [3.8, 4) is 21.6 Å². The van der Waals surface area contributed by atoms with Crippen molar-refractivity contribution < 1.29 is 0 Å². The molecule has 1 unspecified atom stereocenters. The number of thiophene rings is 1. The largest absolute Gasteiger partial charge is 0.274 e. The number of aromatic nitrogens is 5. The highest BCUT2D eigenvalue weighted by molar-refractivity contribution is 7.13. The first kappa shape index (κ1) is 19.0. The van der Waals surface area contributed by atoms with Crippen LogP contribution in [0.4, 0.5) is 5.69 Å². The standard InChI is InChI=1S/C25H20N6S/c1-2-15-9-19-18(22-7-4-8-32-22)5-3-6-21(19)29-23(15)24-20-10-16(13-28-25(20)31-30-24)17-11-26-14-27-12-17/h3-8,10-15H,2,9H2,1H3,(H,28,30,31). The fraction of sp³-hybridized carbons (Fsp3) is 0.160. The normalized spacial score (nSPS) is 15.5. The average Bonchev–Trinajstić information content (AvgIpc) is 3.53. The lowest BCUT2D eigenvalue weighted by atomic mass is 9.84. The highest BCUT2D eigenvalue weighted by Gasteiger charge is 2.28. The lowest BCUT2D eigenvalue weighted by Crippen LogP contribution is -2.22. The van der Waals surface area contributed by atoms with E-state index in [1.54, 1.807) is 23.7 Å². The van der Waals surface area contributed by atoms with E-state index in [2.05, 4.69) is 73.9 Å². The van der Waals surface area contributed by atoms with E-state index >= 15 is 0 Å². The molecule has 1 aliphatic rings. The van der Waals surface area contributed by atoms with Crippen LogP contribution in [0.15, 0.2) is 71.7 Å². The van der Waals surface area contributed by atoms with Crippen molar-refractivity contribution in [2.75, 3.05) is 0 Å². The van der Waals surface area contributed by atoms with E-state index in [4.69, 9.17) is 4.99 Å². The third kappa shape index (κ3) is 3.13. The van der Waals surface area contributed by atoms with Crippen LogP contribution in [0.3, 0.4) is 0 Å². The van der Waals surface area contributed by atoms with Gasteiger partial charge in [0.1, 0.15) is 6.33 Å². The lowest BCUT2D eigenvalue weighted by Gasteiger charge is -2.25. The molecule has 0 bridgehead atoms. The summed E-state index contributed by atoms with van der Waals surface area (Å²) < 4.78 is 0. The van der Waals surface area contributed by atoms with E-state index in [-0.39, 0.29) is 0 Å². The molecular weight excluding hydrogens is 416 g/mol. The van der Waals surface area contributed by atoms with E-state index in [1.165, 1.54) is 22.3 Å². The van der Waals surface area contributed by atoms with Crippen molar-refractivity contribution >= 4 is 33.8 Å². The topological polar surface area (TPSA) is 79.7 Å². The molecule has 1 N–H and O–H groups in total. The summed E-state index contributed by atoms with van der Waals surface area (Å²) in [5.41, 5.74) is 8.24. The summed E-state index contributed by atoms with van der Waals surface area (Å²) in [6.07, 6.45) is 8.89. The molecule has 5 aromatic rings. The van der Waals surface area contributed by atoms with E-state index in [0.717, 1.165) is 46.4 Å². The van der Waals surface area contributed by atoms with Gasteiger partial charge in [-0.1, -0.05) is 25.1 Å². The molecule has 6 nitrogen and oxygen atoms in total. The van der Waals surface area contributed by atoms with Gasteiger partial charge in [-0.2, -0.15) is 5.10 Å². The van der Waals surface area contributed by atoms with Crippen LogP contribution in [0.5, 0.6) is 0 Å². The molecule has 1 aromatic carbocycles. The number of fused-ring (bicyclic) bond motifs is 2. The predicted octanol–water partition coefficient (Wildman–Crippen LogP) is 5.85. The number of pyridine rings is 1. The molecule has 0 spiro atoms. The molecular formula is C25H20N6S. The number of benzene rings is 1. The van der Waals surface area contributed by atoms with E-state index in [1.807, 2.05) is 6.20 Å². The van der Waals surface area contributed by atoms with Gasteiger partial charge < -0.3 is 0 Å². The van der Waals surface area contributed by atoms with Crippen molar-refractivity contribution in [3.63, 3.8) is 0 Å². The molecule has 5 heterocycles. The maximum Gasteiger partial charge on any atom is 0.181 e. The number of hydrogen-bond acceptors (Lipinski definition) is 6. The van der Waals surface area contributed by atoms with Crippen LogP contribution < -0.4 is 0 Å². The van der Waals surface area contributed by atoms with Gasteiger partial charge in [-0.15, -0.1) is 11.3 Å². The first-order chi connectivity index (χ1) is 15.8. The summed E-state index contributed by atoms with van der Waals surface area (Å²) in [6.45, 7) is 2.22. The second-order valence-corrected chi connectivity index (χ2v) is 8.86. The van der Waals surface area contributed by atoms with Gasteiger partial charge in [-0.3, -0.25) is 10.1 Å². The summed E-state index contributed by atoms with van der Waals surface area (Å²) in [5, 5.41) is 10.8. The summed E-state index contributed by atoms with van der Waals surface area (Å²) >= 11 is 1.77. The molecule has 1 atom stereocenters. The molecule has 0 radical (unpaired) electrons. The molecule has 0 saturated carbocycles. The fourth-order valence-corrected chi connectivity index (χ4v) is 5.20. The maximum atomic E-state index is 5.16. The van der Waals surface area contributed by atoms with Gasteiger partial charge in [0.05, 0.1) is 17.1 Å². The predicted molar refractivity (Wildman–Crippen MR) is 128 cm³/mol. The van der Waals surface area contributed by atoms with Crippen LogP contribution in [-0.2, 0) is 6.42 Å². The van der Waals surface area contributed by atoms with Crippen molar-refractivity contribution in [1.29, 1.82) is 0 Å². The van der Waals surface area contributed by atoms with Crippen molar-refractivity contribution in [3.05, 3.63) is 78.0 Å². The second-order valence-electron chi connectivity index (χ2n) is 7.91. The highest BCUT2D eigenvalue weighted by Crippen LogP contribution is 2.40. The van der Waals surface area contributed by atoms with E-state index < -0.39 is 0 Å². The summed E-state index contributed by atoms with van der Waals surface area (Å²) in [5.74, 6) is 0.302. The van der Waals surface area contributed by atoms with Gasteiger partial charge in [-0.25, -0.2) is 15.0 Å². The van der Waals surface area contributed by atoms with Gasteiger partial charge in [-0.05, 0) is 47.5 Å². The first-order valence-corrected chi connectivity index (χ1v) is 11.5. The Morgan fingerprint density at radius 1 is 1.06 bits per heavy atom. The monoisotopic (exact) mass is 436 g/mol. The molecule has 32 heavy (non-hydrogen) atoms. The number of nitrogens with zero attached hydrogens (tertiary/aromatic N) is 5. The minimum atomic E-state index is 0.302. The van der Waals surface area contributed by atoms with Crippen LogP contribution in [0.1, 0.15) is 24.6 Å². The number of hydrogen-bond donors (Lipinski definition) is 1. The Morgan fingerprint density at radius 3 is 2.78 bits per heavy atom. The van der Waals surface area contributed by atoms with Crippen LogP contribution in [0, 0.1) is 5.92 Å². The number of nitrogens with one attached hydrogen (secondary N) is 1. The summed E-state index contributed by atoms with van der Waals surface area (Å²) in [4.78, 5) is 19.3. The SMILES string of the molecule is CCC1Cc2c(cccc2-c2cccs2)N=C1c1[nH]nc2ncc(-c3cncnc3)cc12. The lowest BCUT2D eigenvalue weighted by molar-refractivity contribution is 0.654. The molecule has 156 valence electrons. The zero-order chi connectivity index (χ0) is 21.5. The third-order valence-corrected chi connectivity index (χ3v) is 6.97. The molecule has 6 rings (SSSR count). The third-order valence-electron chi connectivity index (χ3n) is 6.07. The van der Waals surface area contributed by atoms with Crippen molar-refractivity contribution in [2.45, 2.75) is 19.8 Å². The molecule has 0 fully saturated rings. The van der Waals surface area contributed by atoms with E-state index in [0.29, 0.717) is 11.6 Å². The fourth-order valence-electron chi connectivity index (χ4n) is 4.42. The Kier molecular flexibility index (Phi) is 4.61. The molecule has 1 aliphatic heterocycles. The van der Waals surface area contributed by atoms with Crippen LogP contribution in [0.2, 0.25) is 0 Å². The van der Waals surface area contributed by atoms with Crippen LogP contribution in [0.25, 0.3) is 32.6 Å². The minimum Gasteiger partial charge on any atom is -0.274 e. The molecule has 4 aromatic heterocycles. The van der Waals surface area contributed by atoms with Gasteiger partial charge in [0, 0.05) is 45.9 Å². The zero-order valence-corrected chi connectivity index (χ0v) is 18.3. The van der Waals surface area contributed by atoms with Gasteiger partial charge >= 0.3 is 0 Å². The number of aromatic amines is 1. The second kappa shape index (κ2) is 7.76. The van der Waals surface area contributed by atoms with Gasteiger partial charge in [0.25, 0.3) is 0 Å². The summed E-state index contributed by atoms with van der Waals surface area (Å²) in [6, 6.07) is 12.8. The smallest absolute Gasteiger partial charge is 0.181 e.